The molecule has 1 aromatic rings. The lowest BCUT2D eigenvalue weighted by Gasteiger charge is -2.09. The smallest absolute Gasteiger partial charge is 0.338 e. The summed E-state index contributed by atoms with van der Waals surface area (Å²) in [5.74, 6) is 0.808. The first-order valence-corrected chi connectivity index (χ1v) is 6.62. The summed E-state index contributed by atoms with van der Waals surface area (Å²) in [7, 11) is 3.10. The van der Waals surface area contributed by atoms with Crippen LogP contribution in [0, 0.1) is 0 Å². The number of hydrogen-bond acceptors (Lipinski definition) is 4. The molecule has 106 valence electrons. The van der Waals surface area contributed by atoms with E-state index in [1.807, 2.05) is 0 Å². The molecule has 0 bridgehead atoms. The molecule has 0 fully saturated rings. The van der Waals surface area contributed by atoms with Crippen molar-refractivity contribution in [1.29, 1.82) is 0 Å². The molecule has 0 atom stereocenters. The Morgan fingerprint density at radius 3 is 2.42 bits per heavy atom. The Hall–Kier alpha value is -1.71. The van der Waals surface area contributed by atoms with Crippen molar-refractivity contribution in [2.24, 2.45) is 0 Å². The zero-order valence-corrected chi connectivity index (χ0v) is 11.9. The van der Waals surface area contributed by atoms with E-state index in [1.165, 1.54) is 20.0 Å². The molecule has 0 saturated heterocycles. The van der Waals surface area contributed by atoms with Crippen LogP contribution in [0.5, 0.6) is 11.5 Å². The number of carbonyl (C=O) groups excluding carboxylic acids is 1. The second-order valence-corrected chi connectivity index (χ2v) is 4.27. The normalized spacial score (nSPS) is 10.1. The van der Waals surface area contributed by atoms with Crippen LogP contribution in [0.3, 0.4) is 0 Å². The van der Waals surface area contributed by atoms with Crippen molar-refractivity contribution >= 4 is 5.97 Å². The fraction of sp³-hybridized carbons (Fsp3) is 0.533. The minimum Gasteiger partial charge on any atom is -0.493 e. The van der Waals surface area contributed by atoms with Gasteiger partial charge in [-0.2, -0.15) is 0 Å². The van der Waals surface area contributed by atoms with Crippen LogP contribution in [0.1, 0.15) is 43.0 Å². The van der Waals surface area contributed by atoms with Gasteiger partial charge in [-0.3, -0.25) is 0 Å². The maximum Gasteiger partial charge on any atom is 0.338 e. The maximum atomic E-state index is 11.8. The Morgan fingerprint density at radius 1 is 1.05 bits per heavy atom. The van der Waals surface area contributed by atoms with Crippen LogP contribution < -0.4 is 9.47 Å². The van der Waals surface area contributed by atoms with Crippen LogP contribution in [-0.4, -0.2) is 26.8 Å². The third-order valence-corrected chi connectivity index (χ3v) is 2.85. The van der Waals surface area contributed by atoms with E-state index in [2.05, 4.69) is 6.92 Å². The molecule has 0 aromatic heterocycles. The van der Waals surface area contributed by atoms with Gasteiger partial charge >= 0.3 is 5.97 Å². The molecule has 0 radical (unpaired) electrons. The quantitative estimate of drug-likeness (QED) is 0.534. The lowest BCUT2D eigenvalue weighted by molar-refractivity contribution is 0.0497. The average Bonchev–Trinajstić information content (AvgIpc) is 2.46. The predicted octanol–water partition coefficient (Wildman–Crippen LogP) is 3.44. The lowest BCUT2D eigenvalue weighted by Crippen LogP contribution is -2.07. The van der Waals surface area contributed by atoms with Crippen molar-refractivity contribution in [3.63, 3.8) is 0 Å². The summed E-state index contributed by atoms with van der Waals surface area (Å²) in [5, 5.41) is 0. The maximum absolute atomic E-state index is 11.8. The number of hydrogen-bond donors (Lipinski definition) is 0. The van der Waals surface area contributed by atoms with Gasteiger partial charge in [0.25, 0.3) is 0 Å². The van der Waals surface area contributed by atoms with Gasteiger partial charge in [-0.15, -0.1) is 0 Å². The Kier molecular flexibility index (Phi) is 6.79. The molecular formula is C15H22O4. The summed E-state index contributed by atoms with van der Waals surface area (Å²) < 4.78 is 15.5. The first-order chi connectivity index (χ1) is 9.22. The van der Waals surface area contributed by atoms with Gasteiger partial charge in [-0.25, -0.2) is 4.79 Å². The van der Waals surface area contributed by atoms with E-state index in [-0.39, 0.29) is 5.97 Å². The van der Waals surface area contributed by atoms with Gasteiger partial charge in [-0.05, 0) is 24.6 Å². The highest BCUT2D eigenvalue weighted by Gasteiger charge is 2.11. The summed E-state index contributed by atoms with van der Waals surface area (Å²) in [6.45, 7) is 2.61. The van der Waals surface area contributed by atoms with Gasteiger partial charge < -0.3 is 14.2 Å². The van der Waals surface area contributed by atoms with Crippen LogP contribution in [0.2, 0.25) is 0 Å². The monoisotopic (exact) mass is 266 g/mol. The largest absolute Gasteiger partial charge is 0.493 e. The van der Waals surface area contributed by atoms with E-state index in [9.17, 15) is 4.79 Å². The molecule has 1 aromatic carbocycles. The molecule has 0 unspecified atom stereocenters. The minimum atomic E-state index is -0.322. The van der Waals surface area contributed by atoms with Gasteiger partial charge in [0.1, 0.15) is 0 Å². The Morgan fingerprint density at radius 2 is 1.79 bits per heavy atom. The molecule has 0 aliphatic carbocycles. The van der Waals surface area contributed by atoms with Crippen molar-refractivity contribution in [2.75, 3.05) is 20.8 Å². The number of carbonyl (C=O) groups is 1. The summed E-state index contributed by atoms with van der Waals surface area (Å²) >= 11 is 0. The molecule has 0 spiro atoms. The Balaban J connectivity index is 2.52. The summed E-state index contributed by atoms with van der Waals surface area (Å²) in [4.78, 5) is 11.8. The second kappa shape index (κ2) is 8.40. The molecule has 1 rings (SSSR count). The van der Waals surface area contributed by atoms with Crippen LogP contribution >= 0.6 is 0 Å². The third kappa shape index (κ3) is 4.81. The predicted molar refractivity (Wildman–Crippen MR) is 74.0 cm³/mol. The van der Waals surface area contributed by atoms with E-state index in [4.69, 9.17) is 14.2 Å². The van der Waals surface area contributed by atoms with E-state index in [0.717, 1.165) is 12.8 Å². The minimum absolute atomic E-state index is 0.322. The summed E-state index contributed by atoms with van der Waals surface area (Å²) in [6.07, 6.45) is 4.35. The van der Waals surface area contributed by atoms with E-state index >= 15 is 0 Å². The van der Waals surface area contributed by atoms with Crippen molar-refractivity contribution < 1.29 is 19.0 Å². The number of ether oxygens (including phenoxy) is 3. The fourth-order valence-corrected chi connectivity index (χ4v) is 1.74. The summed E-state index contributed by atoms with van der Waals surface area (Å²) in [5.41, 5.74) is 0.480. The van der Waals surface area contributed by atoms with Gasteiger partial charge in [0, 0.05) is 0 Å². The molecule has 0 amide bonds. The molecule has 0 N–H and O–H groups in total. The standard InChI is InChI=1S/C15H22O4/c1-4-5-6-7-10-19-15(16)12-8-9-13(17-2)14(11-12)18-3/h8-9,11H,4-7,10H2,1-3H3. The first-order valence-electron chi connectivity index (χ1n) is 6.62. The van der Waals surface area contributed by atoms with E-state index in [0.29, 0.717) is 23.7 Å². The van der Waals surface area contributed by atoms with Crippen LogP contribution in [0.4, 0.5) is 0 Å². The Bertz CT molecular complexity index is 401. The molecule has 0 aliphatic heterocycles. The van der Waals surface area contributed by atoms with E-state index in [1.54, 1.807) is 25.3 Å². The number of esters is 1. The van der Waals surface area contributed by atoms with Crippen LogP contribution in [0.15, 0.2) is 18.2 Å². The van der Waals surface area contributed by atoms with Gasteiger partial charge in [0.05, 0.1) is 26.4 Å². The topological polar surface area (TPSA) is 44.8 Å². The molecule has 0 aliphatic rings. The zero-order valence-electron chi connectivity index (χ0n) is 11.9. The SMILES string of the molecule is CCCCCCOC(=O)c1ccc(OC)c(OC)c1. The third-order valence-electron chi connectivity index (χ3n) is 2.85. The number of benzene rings is 1. The highest BCUT2D eigenvalue weighted by atomic mass is 16.5. The second-order valence-electron chi connectivity index (χ2n) is 4.27. The Labute approximate surface area is 114 Å². The lowest BCUT2D eigenvalue weighted by atomic mass is 10.2. The highest BCUT2D eigenvalue weighted by Crippen LogP contribution is 2.27. The van der Waals surface area contributed by atoms with Crippen molar-refractivity contribution in [3.05, 3.63) is 23.8 Å². The first kappa shape index (κ1) is 15.3. The highest BCUT2D eigenvalue weighted by molar-refractivity contribution is 5.90. The van der Waals surface area contributed by atoms with Gasteiger partial charge in [0.15, 0.2) is 11.5 Å². The van der Waals surface area contributed by atoms with Crippen molar-refractivity contribution in [1.82, 2.24) is 0 Å². The fourth-order valence-electron chi connectivity index (χ4n) is 1.74. The summed E-state index contributed by atoms with van der Waals surface area (Å²) in [6, 6.07) is 5.01. The average molecular weight is 266 g/mol. The molecule has 4 heteroatoms. The molecular weight excluding hydrogens is 244 g/mol. The number of methoxy groups -OCH3 is 2. The molecule has 0 saturated carbocycles. The molecule has 4 nitrogen and oxygen atoms in total. The number of rotatable bonds is 8. The van der Waals surface area contributed by atoms with Crippen molar-refractivity contribution in [2.45, 2.75) is 32.6 Å². The van der Waals surface area contributed by atoms with E-state index < -0.39 is 0 Å². The van der Waals surface area contributed by atoms with Crippen LogP contribution in [-0.2, 0) is 4.74 Å². The van der Waals surface area contributed by atoms with Crippen LogP contribution in [0.25, 0.3) is 0 Å². The zero-order chi connectivity index (χ0) is 14.1. The van der Waals surface area contributed by atoms with Crippen molar-refractivity contribution in [3.8, 4) is 11.5 Å². The number of unbranched alkanes of at least 4 members (excludes halogenated alkanes) is 3. The van der Waals surface area contributed by atoms with Gasteiger partial charge in [0.2, 0.25) is 0 Å². The molecule has 19 heavy (non-hydrogen) atoms. The molecule has 0 heterocycles. The van der Waals surface area contributed by atoms with Gasteiger partial charge in [-0.1, -0.05) is 26.2 Å².